The van der Waals surface area contributed by atoms with Crippen molar-refractivity contribution in [2.75, 3.05) is 16.8 Å². The van der Waals surface area contributed by atoms with Crippen molar-refractivity contribution in [3.8, 4) is 6.07 Å². The number of carbonyl (C=O) groups is 1. The molecule has 0 bridgehead atoms. The van der Waals surface area contributed by atoms with E-state index in [9.17, 15) is 10.1 Å². The van der Waals surface area contributed by atoms with Crippen LogP contribution in [-0.2, 0) is 17.6 Å². The number of hydrogen-bond acceptors (Lipinski definition) is 4. The second-order valence-electron chi connectivity index (χ2n) is 4.03. The van der Waals surface area contributed by atoms with E-state index in [1.165, 1.54) is 16.6 Å². The van der Waals surface area contributed by atoms with Crippen LogP contribution in [-0.4, -0.2) is 17.4 Å². The van der Waals surface area contributed by atoms with Crippen LogP contribution in [0.5, 0.6) is 0 Å². The third kappa shape index (κ3) is 2.77. The number of nitrogens with zero attached hydrogens (tertiary/aromatic N) is 1. The van der Waals surface area contributed by atoms with Gasteiger partial charge in [0.25, 0.3) is 0 Å². The molecule has 1 heterocycles. The van der Waals surface area contributed by atoms with Gasteiger partial charge in [-0.2, -0.15) is 5.26 Å². The zero-order valence-corrected chi connectivity index (χ0v) is 11.6. The monoisotopic (exact) mass is 278 g/mol. The molecular weight excluding hydrogens is 264 g/mol. The number of carbonyl (C=O) groups excluding carboxylic acids is 1. The van der Waals surface area contributed by atoms with Crippen LogP contribution in [0, 0.1) is 11.3 Å². The first kappa shape index (κ1) is 13.2. The molecule has 2 rings (SSSR count). The molecule has 0 saturated carbocycles. The number of rotatable bonds is 5. The average molecular weight is 278 g/mol. The van der Waals surface area contributed by atoms with Crippen LogP contribution in [0.3, 0.4) is 0 Å². The lowest BCUT2D eigenvalue weighted by Gasteiger charge is -2.03. The average Bonchev–Trinajstić information content (AvgIpc) is 2.89. The van der Waals surface area contributed by atoms with Crippen LogP contribution in [0.4, 0.5) is 5.00 Å². The molecule has 0 spiro atoms. The van der Waals surface area contributed by atoms with Crippen LogP contribution < -0.4 is 5.32 Å². The fourth-order valence-electron chi connectivity index (χ4n) is 2.01. The first-order chi connectivity index (χ1) is 8.76. The Kier molecular flexibility index (Phi) is 4.45. The fourth-order valence-corrected chi connectivity index (χ4v) is 3.81. The molecule has 1 N–H and O–H groups in total. The van der Waals surface area contributed by atoms with E-state index in [2.05, 4.69) is 18.0 Å². The zero-order chi connectivity index (χ0) is 13.0. The topological polar surface area (TPSA) is 52.9 Å². The maximum Gasteiger partial charge on any atom is 0.235 e. The highest BCUT2D eigenvalue weighted by molar-refractivity contribution is 8.00. The number of nitrogens with one attached hydrogen (secondary N) is 1. The van der Waals surface area contributed by atoms with E-state index in [1.807, 2.05) is 0 Å². The third-order valence-corrected chi connectivity index (χ3v) is 4.90. The van der Waals surface area contributed by atoms with Gasteiger partial charge in [0.1, 0.15) is 11.1 Å². The van der Waals surface area contributed by atoms with Gasteiger partial charge in [0.05, 0.1) is 11.3 Å². The summed E-state index contributed by atoms with van der Waals surface area (Å²) >= 11 is 3.07. The predicted octanol–water partition coefficient (Wildman–Crippen LogP) is 2.97. The van der Waals surface area contributed by atoms with E-state index in [1.54, 1.807) is 17.4 Å². The number of aryl methyl sites for hydroxylation is 1. The van der Waals surface area contributed by atoms with Crippen molar-refractivity contribution in [3.05, 3.63) is 28.7 Å². The van der Waals surface area contributed by atoms with Gasteiger partial charge in [-0.1, -0.05) is 6.08 Å². The minimum atomic E-state index is -0.0433. The lowest BCUT2D eigenvalue weighted by molar-refractivity contribution is -0.113. The molecule has 1 aromatic heterocycles. The number of hydrogen-bond donors (Lipinski definition) is 1. The lowest BCUT2D eigenvalue weighted by Crippen LogP contribution is -2.14. The number of amides is 1. The van der Waals surface area contributed by atoms with Crippen LogP contribution >= 0.6 is 23.1 Å². The summed E-state index contributed by atoms with van der Waals surface area (Å²) in [6.07, 6.45) is 4.91. The summed E-state index contributed by atoms with van der Waals surface area (Å²) in [7, 11) is 0. The summed E-state index contributed by atoms with van der Waals surface area (Å²) in [5.41, 5.74) is 1.83. The van der Waals surface area contributed by atoms with Crippen molar-refractivity contribution < 1.29 is 4.79 Å². The molecule has 1 aliphatic rings. The molecule has 0 saturated heterocycles. The van der Waals surface area contributed by atoms with Crippen molar-refractivity contribution in [2.24, 2.45) is 0 Å². The molecule has 1 amide bonds. The van der Waals surface area contributed by atoms with Gasteiger partial charge >= 0.3 is 0 Å². The van der Waals surface area contributed by atoms with E-state index < -0.39 is 0 Å². The summed E-state index contributed by atoms with van der Waals surface area (Å²) in [4.78, 5) is 13.0. The van der Waals surface area contributed by atoms with Gasteiger partial charge in [0.2, 0.25) is 5.91 Å². The van der Waals surface area contributed by atoms with E-state index in [-0.39, 0.29) is 5.91 Å². The number of anilines is 1. The van der Waals surface area contributed by atoms with E-state index in [0.29, 0.717) is 11.3 Å². The Balaban J connectivity index is 2.04. The van der Waals surface area contributed by atoms with Crippen molar-refractivity contribution in [3.63, 3.8) is 0 Å². The molecule has 0 aliphatic heterocycles. The summed E-state index contributed by atoms with van der Waals surface area (Å²) in [5, 5.41) is 12.8. The smallest absolute Gasteiger partial charge is 0.235 e. The van der Waals surface area contributed by atoms with Crippen LogP contribution in [0.25, 0.3) is 0 Å². The Morgan fingerprint density at radius 1 is 1.61 bits per heavy atom. The number of fused-ring (bicyclic) bond motifs is 1. The van der Waals surface area contributed by atoms with Crippen molar-refractivity contribution in [1.29, 1.82) is 5.26 Å². The van der Waals surface area contributed by atoms with Gasteiger partial charge in [-0.25, -0.2) is 0 Å². The Bertz CT molecular complexity index is 514. The Labute approximate surface area is 115 Å². The van der Waals surface area contributed by atoms with Crippen LogP contribution in [0.15, 0.2) is 12.7 Å². The molecule has 3 nitrogen and oxygen atoms in total. The Hall–Kier alpha value is -1.25. The van der Waals surface area contributed by atoms with Gasteiger partial charge in [0, 0.05) is 10.6 Å². The SMILES string of the molecule is C=CCSCC(=O)Nc1sc2c(c1C#N)CCC2. The highest BCUT2D eigenvalue weighted by atomic mass is 32.2. The normalized spacial score (nSPS) is 12.8. The third-order valence-electron chi connectivity index (χ3n) is 2.75. The molecule has 0 unspecified atom stereocenters. The van der Waals surface area contributed by atoms with Gasteiger partial charge in [-0.3, -0.25) is 4.79 Å². The molecular formula is C13H14N2OS2. The van der Waals surface area contributed by atoms with Gasteiger partial charge < -0.3 is 5.32 Å². The molecule has 5 heteroatoms. The molecule has 0 radical (unpaired) electrons. The molecule has 18 heavy (non-hydrogen) atoms. The number of thiophene rings is 1. The van der Waals surface area contributed by atoms with Gasteiger partial charge in [0.15, 0.2) is 0 Å². The maximum absolute atomic E-state index is 11.7. The van der Waals surface area contributed by atoms with E-state index >= 15 is 0 Å². The zero-order valence-electron chi connectivity index (χ0n) is 9.99. The van der Waals surface area contributed by atoms with Crippen LogP contribution in [0.1, 0.15) is 22.4 Å². The second-order valence-corrected chi connectivity index (χ2v) is 6.16. The van der Waals surface area contributed by atoms with E-state index in [4.69, 9.17) is 0 Å². The highest BCUT2D eigenvalue weighted by Crippen LogP contribution is 2.38. The minimum absolute atomic E-state index is 0.0433. The van der Waals surface area contributed by atoms with Crippen molar-refractivity contribution >= 4 is 34.0 Å². The van der Waals surface area contributed by atoms with Crippen molar-refractivity contribution in [1.82, 2.24) is 0 Å². The fraction of sp³-hybridized carbons (Fsp3) is 0.385. The molecule has 94 valence electrons. The van der Waals surface area contributed by atoms with Gasteiger partial charge in [-0.05, 0) is 24.8 Å². The number of nitriles is 1. The quantitative estimate of drug-likeness (QED) is 0.665. The molecule has 1 aromatic rings. The number of thioether (sulfide) groups is 1. The maximum atomic E-state index is 11.7. The molecule has 1 aliphatic carbocycles. The summed E-state index contributed by atoms with van der Waals surface area (Å²) in [6, 6.07) is 2.22. The molecule has 0 aromatic carbocycles. The predicted molar refractivity (Wildman–Crippen MR) is 77.2 cm³/mol. The highest BCUT2D eigenvalue weighted by Gasteiger charge is 2.22. The standard InChI is InChI=1S/C13H14N2OS2/c1-2-6-17-8-12(16)15-13-10(7-14)9-4-3-5-11(9)18-13/h2H,1,3-6,8H2,(H,15,16). The van der Waals surface area contributed by atoms with E-state index in [0.717, 1.165) is 35.6 Å². The first-order valence-electron chi connectivity index (χ1n) is 5.79. The summed E-state index contributed by atoms with van der Waals surface area (Å²) in [5.74, 6) is 1.12. The minimum Gasteiger partial charge on any atom is -0.316 e. The largest absolute Gasteiger partial charge is 0.316 e. The summed E-state index contributed by atoms with van der Waals surface area (Å²) in [6.45, 7) is 3.61. The van der Waals surface area contributed by atoms with Crippen molar-refractivity contribution in [2.45, 2.75) is 19.3 Å². The first-order valence-corrected chi connectivity index (χ1v) is 7.76. The second kappa shape index (κ2) is 6.07. The molecule has 0 atom stereocenters. The van der Waals surface area contributed by atoms with Crippen LogP contribution in [0.2, 0.25) is 0 Å². The Morgan fingerprint density at radius 3 is 3.17 bits per heavy atom. The molecule has 0 fully saturated rings. The van der Waals surface area contributed by atoms with Gasteiger partial charge in [-0.15, -0.1) is 29.7 Å². The summed E-state index contributed by atoms with van der Waals surface area (Å²) < 4.78 is 0. The Morgan fingerprint density at radius 2 is 2.44 bits per heavy atom. The lowest BCUT2D eigenvalue weighted by atomic mass is 10.1.